The van der Waals surface area contributed by atoms with Crippen LogP contribution in [0.15, 0.2) is 42.7 Å². The fraction of sp³-hybridized carbons (Fsp3) is 0.333. The highest BCUT2D eigenvalue weighted by atomic mass is 31.2. The minimum Gasteiger partial charge on any atom is -0.493 e. The van der Waals surface area contributed by atoms with Crippen LogP contribution in [0.25, 0.3) is 21.9 Å². The Balaban J connectivity index is 1.62. The van der Waals surface area contributed by atoms with Crippen LogP contribution in [0.5, 0.6) is 11.5 Å². The Kier molecular flexibility index (Phi) is 6.37. The largest absolute Gasteiger partial charge is 0.493 e. The summed E-state index contributed by atoms with van der Waals surface area (Å²) in [5.74, 6) is 2.08. The van der Waals surface area contributed by atoms with E-state index in [1.807, 2.05) is 30.6 Å². The van der Waals surface area contributed by atoms with Gasteiger partial charge in [-0.15, -0.1) is 0 Å². The molecule has 1 saturated heterocycles. The van der Waals surface area contributed by atoms with E-state index in [0.717, 1.165) is 59.5 Å². The first-order valence-electron chi connectivity index (χ1n) is 11.3. The van der Waals surface area contributed by atoms with Gasteiger partial charge in [-0.1, -0.05) is 24.3 Å². The molecule has 0 amide bonds. The van der Waals surface area contributed by atoms with Crippen molar-refractivity contribution in [1.82, 2.24) is 19.9 Å². The quantitative estimate of drug-likeness (QED) is 0.331. The SMILES string of the molecule is COc1cc2nc(N3CCNCC3)c3ncn(Cc4ccc(CP(=O)(O)O)cc4)c3c2cc1OC. The summed E-state index contributed by atoms with van der Waals surface area (Å²) in [6, 6.07) is 11.1. The van der Waals surface area contributed by atoms with Crippen molar-refractivity contribution in [3.8, 4) is 11.5 Å². The second-order valence-electron chi connectivity index (χ2n) is 8.61. The second-order valence-corrected chi connectivity index (χ2v) is 10.3. The third-order valence-electron chi connectivity index (χ3n) is 6.21. The molecule has 1 aliphatic rings. The minimum atomic E-state index is -4.11. The first-order chi connectivity index (χ1) is 16.9. The number of anilines is 1. The van der Waals surface area contributed by atoms with Crippen molar-refractivity contribution in [1.29, 1.82) is 0 Å². The molecule has 1 fully saturated rings. The number of benzene rings is 2. The number of rotatable bonds is 7. The Morgan fingerprint density at radius 2 is 1.69 bits per heavy atom. The Morgan fingerprint density at radius 3 is 2.34 bits per heavy atom. The van der Waals surface area contributed by atoms with Crippen LogP contribution in [-0.4, -0.2) is 64.7 Å². The Morgan fingerprint density at radius 1 is 1.03 bits per heavy atom. The van der Waals surface area contributed by atoms with E-state index in [9.17, 15) is 14.4 Å². The molecule has 2 aromatic carbocycles. The van der Waals surface area contributed by atoms with Gasteiger partial charge in [-0.05, 0) is 17.2 Å². The summed E-state index contributed by atoms with van der Waals surface area (Å²) in [6.45, 7) is 3.99. The number of nitrogens with zero attached hydrogens (tertiary/aromatic N) is 4. The van der Waals surface area contributed by atoms with Gasteiger partial charge in [0.15, 0.2) is 17.3 Å². The lowest BCUT2D eigenvalue weighted by atomic mass is 10.1. The van der Waals surface area contributed by atoms with Crippen LogP contribution in [0.3, 0.4) is 0 Å². The topological polar surface area (TPSA) is 122 Å². The maximum atomic E-state index is 11.3. The third kappa shape index (κ3) is 4.83. The number of pyridine rings is 1. The molecule has 184 valence electrons. The fourth-order valence-corrected chi connectivity index (χ4v) is 5.23. The molecule has 0 bridgehead atoms. The van der Waals surface area contributed by atoms with E-state index in [2.05, 4.69) is 14.8 Å². The molecule has 0 spiro atoms. The first-order valence-corrected chi connectivity index (χ1v) is 13.1. The average molecular weight is 497 g/mol. The van der Waals surface area contributed by atoms with Crippen molar-refractivity contribution < 1.29 is 23.8 Å². The monoisotopic (exact) mass is 497 g/mol. The number of hydrogen-bond acceptors (Lipinski definition) is 7. The smallest absolute Gasteiger partial charge is 0.329 e. The summed E-state index contributed by atoms with van der Waals surface area (Å²) in [7, 11) is -0.885. The predicted octanol–water partition coefficient (Wildman–Crippen LogP) is 2.74. The lowest BCUT2D eigenvalue weighted by Crippen LogP contribution is -2.44. The Labute approximate surface area is 202 Å². The summed E-state index contributed by atoms with van der Waals surface area (Å²) in [5, 5.41) is 4.29. The normalized spacial score (nSPS) is 14.6. The highest BCUT2D eigenvalue weighted by molar-refractivity contribution is 7.50. The van der Waals surface area contributed by atoms with Crippen LogP contribution in [0.1, 0.15) is 11.1 Å². The van der Waals surface area contributed by atoms with Crippen molar-refractivity contribution in [2.24, 2.45) is 0 Å². The molecule has 10 nitrogen and oxygen atoms in total. The van der Waals surface area contributed by atoms with Gasteiger partial charge in [-0.3, -0.25) is 4.57 Å². The lowest BCUT2D eigenvalue weighted by molar-refractivity contribution is 0.356. The van der Waals surface area contributed by atoms with Gasteiger partial charge in [0.1, 0.15) is 5.52 Å². The van der Waals surface area contributed by atoms with Gasteiger partial charge in [0.05, 0.1) is 37.7 Å². The second kappa shape index (κ2) is 9.47. The molecular weight excluding hydrogens is 469 g/mol. The van der Waals surface area contributed by atoms with Crippen molar-refractivity contribution in [2.45, 2.75) is 12.7 Å². The van der Waals surface area contributed by atoms with Gasteiger partial charge in [-0.25, -0.2) is 9.97 Å². The molecule has 1 aliphatic heterocycles. The van der Waals surface area contributed by atoms with Crippen molar-refractivity contribution in [2.75, 3.05) is 45.3 Å². The predicted molar refractivity (Wildman–Crippen MR) is 135 cm³/mol. The average Bonchev–Trinajstić information content (AvgIpc) is 3.27. The number of imidazole rings is 1. The molecule has 5 rings (SSSR count). The van der Waals surface area contributed by atoms with Crippen LogP contribution >= 0.6 is 7.60 Å². The van der Waals surface area contributed by atoms with E-state index in [1.54, 1.807) is 26.4 Å². The molecule has 0 atom stereocenters. The van der Waals surface area contributed by atoms with Gasteiger partial charge in [0, 0.05) is 44.2 Å². The highest BCUT2D eigenvalue weighted by Gasteiger charge is 2.22. The van der Waals surface area contributed by atoms with Gasteiger partial charge in [-0.2, -0.15) is 0 Å². The van der Waals surface area contributed by atoms with Crippen molar-refractivity contribution in [3.05, 3.63) is 53.9 Å². The summed E-state index contributed by atoms with van der Waals surface area (Å²) < 4.78 is 24.5. The summed E-state index contributed by atoms with van der Waals surface area (Å²) in [6.07, 6.45) is 1.55. The lowest BCUT2D eigenvalue weighted by Gasteiger charge is -2.29. The molecule has 2 aromatic heterocycles. The summed E-state index contributed by atoms with van der Waals surface area (Å²) in [4.78, 5) is 30.5. The van der Waals surface area contributed by atoms with Crippen LogP contribution in [0, 0.1) is 0 Å². The van der Waals surface area contributed by atoms with E-state index < -0.39 is 7.60 Å². The van der Waals surface area contributed by atoms with E-state index >= 15 is 0 Å². The number of piperazine rings is 1. The first kappa shape index (κ1) is 23.6. The van der Waals surface area contributed by atoms with E-state index in [0.29, 0.717) is 23.6 Å². The maximum Gasteiger partial charge on any atom is 0.329 e. The zero-order chi connectivity index (χ0) is 24.6. The van der Waals surface area contributed by atoms with E-state index in [1.165, 1.54) is 0 Å². The van der Waals surface area contributed by atoms with Gasteiger partial charge in [0.2, 0.25) is 0 Å². The van der Waals surface area contributed by atoms with Gasteiger partial charge >= 0.3 is 7.60 Å². The molecule has 0 unspecified atom stereocenters. The molecule has 3 heterocycles. The van der Waals surface area contributed by atoms with Gasteiger partial charge in [0.25, 0.3) is 0 Å². The Hall–Kier alpha value is -3.17. The molecular formula is C24H28N5O5P. The number of ether oxygens (including phenoxy) is 2. The molecule has 0 aliphatic carbocycles. The zero-order valence-corrected chi connectivity index (χ0v) is 20.5. The number of nitrogens with one attached hydrogen (secondary N) is 1. The molecule has 0 radical (unpaired) electrons. The molecule has 4 aromatic rings. The number of methoxy groups -OCH3 is 2. The fourth-order valence-electron chi connectivity index (χ4n) is 4.55. The summed E-state index contributed by atoms with van der Waals surface area (Å²) >= 11 is 0. The van der Waals surface area contributed by atoms with Crippen LogP contribution in [0.2, 0.25) is 0 Å². The van der Waals surface area contributed by atoms with Gasteiger partial charge < -0.3 is 34.0 Å². The molecule has 11 heteroatoms. The maximum absolute atomic E-state index is 11.3. The molecule has 0 saturated carbocycles. The standard InChI is InChI=1S/C24H28N5O5P/c1-33-20-11-18-19(12-21(20)34-2)27-24(28-9-7-25-8-10-28)22-23(18)29(15-26-22)13-16-3-5-17(6-4-16)14-35(30,31)32/h3-6,11-12,15,25H,7-10,13-14H2,1-2H3,(H2,30,31,32). The van der Waals surface area contributed by atoms with E-state index in [4.69, 9.17) is 19.4 Å². The van der Waals surface area contributed by atoms with E-state index in [-0.39, 0.29) is 6.16 Å². The summed E-state index contributed by atoms with van der Waals surface area (Å²) in [5.41, 5.74) is 4.16. The number of fused-ring (bicyclic) bond motifs is 3. The van der Waals surface area contributed by atoms with Crippen LogP contribution in [0.4, 0.5) is 5.82 Å². The molecule has 3 N–H and O–H groups in total. The molecule has 35 heavy (non-hydrogen) atoms. The zero-order valence-electron chi connectivity index (χ0n) is 19.6. The van der Waals surface area contributed by atoms with Crippen LogP contribution in [-0.2, 0) is 17.3 Å². The number of aromatic nitrogens is 3. The van der Waals surface area contributed by atoms with Crippen LogP contribution < -0.4 is 19.7 Å². The van der Waals surface area contributed by atoms with Crippen molar-refractivity contribution in [3.63, 3.8) is 0 Å². The minimum absolute atomic E-state index is 0.271. The highest BCUT2D eigenvalue weighted by Crippen LogP contribution is 2.39. The third-order valence-corrected chi connectivity index (χ3v) is 6.99. The van der Waals surface area contributed by atoms with Crippen molar-refractivity contribution >= 4 is 35.3 Å². The Bertz CT molecular complexity index is 1410. The number of hydrogen-bond donors (Lipinski definition) is 3.